The van der Waals surface area contributed by atoms with E-state index < -0.39 is 24.1 Å². The first-order valence-corrected chi connectivity index (χ1v) is 6.57. The SMILES string of the molecule is O=C(O)C1CC(O)CN1C(=O)Nc1ccc(Cl)cc1Cl. The Kier molecular flexibility index (Phi) is 4.37. The van der Waals surface area contributed by atoms with Crippen molar-refractivity contribution < 1.29 is 19.8 Å². The van der Waals surface area contributed by atoms with Gasteiger partial charge in [-0.1, -0.05) is 23.2 Å². The lowest BCUT2D eigenvalue weighted by Gasteiger charge is -2.21. The fraction of sp³-hybridized carbons (Fsp3) is 0.333. The molecule has 2 unspecified atom stereocenters. The average Bonchev–Trinajstić information content (AvgIpc) is 2.75. The highest BCUT2D eigenvalue weighted by atomic mass is 35.5. The third-order valence-corrected chi connectivity index (χ3v) is 3.55. The highest BCUT2D eigenvalue weighted by molar-refractivity contribution is 6.36. The third-order valence-electron chi connectivity index (χ3n) is 3.00. The largest absolute Gasteiger partial charge is 0.480 e. The number of benzene rings is 1. The normalized spacial score (nSPS) is 21.9. The maximum Gasteiger partial charge on any atom is 0.326 e. The molecule has 1 saturated heterocycles. The molecule has 1 aliphatic heterocycles. The fourth-order valence-corrected chi connectivity index (χ4v) is 2.51. The summed E-state index contributed by atoms with van der Waals surface area (Å²) in [5.41, 5.74) is 0.326. The molecule has 0 bridgehead atoms. The lowest BCUT2D eigenvalue weighted by molar-refractivity contribution is -0.141. The van der Waals surface area contributed by atoms with Gasteiger partial charge in [-0.05, 0) is 18.2 Å². The number of hydrogen-bond donors (Lipinski definition) is 3. The summed E-state index contributed by atoms with van der Waals surface area (Å²) in [7, 11) is 0. The molecule has 8 heteroatoms. The van der Waals surface area contributed by atoms with Crippen LogP contribution in [-0.2, 0) is 4.79 Å². The van der Waals surface area contributed by atoms with E-state index in [2.05, 4.69) is 5.32 Å². The summed E-state index contributed by atoms with van der Waals surface area (Å²) in [6, 6.07) is 2.86. The molecule has 0 saturated carbocycles. The number of nitrogens with zero attached hydrogens (tertiary/aromatic N) is 1. The van der Waals surface area contributed by atoms with E-state index in [4.69, 9.17) is 28.3 Å². The molecule has 1 aliphatic rings. The van der Waals surface area contributed by atoms with Crippen LogP contribution in [0.5, 0.6) is 0 Å². The van der Waals surface area contributed by atoms with Gasteiger partial charge in [-0.15, -0.1) is 0 Å². The van der Waals surface area contributed by atoms with Gasteiger partial charge in [0.25, 0.3) is 0 Å². The molecule has 108 valence electrons. The lowest BCUT2D eigenvalue weighted by atomic mass is 10.2. The predicted octanol–water partition coefficient (Wildman–Crippen LogP) is 2.05. The van der Waals surface area contributed by atoms with Crippen molar-refractivity contribution in [1.82, 2.24) is 4.90 Å². The first kappa shape index (κ1) is 14.9. The minimum Gasteiger partial charge on any atom is -0.480 e. The van der Waals surface area contributed by atoms with Crippen molar-refractivity contribution in [3.63, 3.8) is 0 Å². The molecule has 2 amide bonds. The van der Waals surface area contributed by atoms with Crippen LogP contribution in [0.25, 0.3) is 0 Å². The number of halogens is 2. The second-order valence-electron chi connectivity index (χ2n) is 4.45. The Bertz CT molecular complexity index is 552. The number of anilines is 1. The Morgan fingerprint density at radius 2 is 2.05 bits per heavy atom. The molecule has 1 heterocycles. The Morgan fingerprint density at radius 3 is 2.65 bits per heavy atom. The van der Waals surface area contributed by atoms with Gasteiger partial charge in [-0.2, -0.15) is 0 Å². The van der Waals surface area contributed by atoms with E-state index in [0.29, 0.717) is 10.7 Å². The molecule has 0 aliphatic carbocycles. The lowest BCUT2D eigenvalue weighted by Crippen LogP contribution is -2.43. The van der Waals surface area contributed by atoms with E-state index in [0.717, 1.165) is 4.90 Å². The molecular weight excluding hydrogens is 307 g/mol. The number of aliphatic carboxylic acids is 1. The zero-order valence-electron chi connectivity index (χ0n) is 10.2. The number of carboxylic acid groups (broad SMARTS) is 1. The molecule has 6 nitrogen and oxygen atoms in total. The number of urea groups is 1. The quantitative estimate of drug-likeness (QED) is 0.778. The number of carbonyl (C=O) groups is 2. The van der Waals surface area contributed by atoms with Crippen molar-refractivity contribution in [1.29, 1.82) is 0 Å². The van der Waals surface area contributed by atoms with Crippen molar-refractivity contribution in [3.8, 4) is 0 Å². The van der Waals surface area contributed by atoms with Crippen LogP contribution in [0.1, 0.15) is 6.42 Å². The zero-order chi connectivity index (χ0) is 14.9. The maximum absolute atomic E-state index is 12.1. The summed E-state index contributed by atoms with van der Waals surface area (Å²) in [6.07, 6.45) is -0.834. The molecule has 0 spiro atoms. The minimum atomic E-state index is -1.15. The number of hydrogen-bond acceptors (Lipinski definition) is 3. The molecule has 3 N–H and O–H groups in total. The van der Waals surface area contributed by atoms with Crippen LogP contribution in [0.2, 0.25) is 10.0 Å². The summed E-state index contributed by atoms with van der Waals surface area (Å²) in [5.74, 6) is -1.15. The number of carboxylic acids is 1. The van der Waals surface area contributed by atoms with E-state index in [-0.39, 0.29) is 18.0 Å². The molecular formula is C12H12Cl2N2O4. The first-order chi connectivity index (χ1) is 9.38. The highest BCUT2D eigenvalue weighted by Gasteiger charge is 2.39. The Balaban J connectivity index is 2.13. The standard InChI is InChI=1S/C12H12Cl2N2O4/c13-6-1-2-9(8(14)3-6)15-12(20)16-5-7(17)4-10(16)11(18)19/h1-3,7,10,17H,4-5H2,(H,15,20)(H,18,19). The molecule has 1 aromatic carbocycles. The number of aliphatic hydroxyl groups excluding tert-OH is 1. The van der Waals surface area contributed by atoms with Gasteiger partial charge < -0.3 is 20.4 Å². The molecule has 20 heavy (non-hydrogen) atoms. The zero-order valence-corrected chi connectivity index (χ0v) is 11.7. The molecule has 0 radical (unpaired) electrons. The second-order valence-corrected chi connectivity index (χ2v) is 5.29. The first-order valence-electron chi connectivity index (χ1n) is 5.82. The van der Waals surface area contributed by atoms with E-state index in [9.17, 15) is 14.7 Å². The van der Waals surface area contributed by atoms with Gasteiger partial charge in [0, 0.05) is 18.0 Å². The Morgan fingerprint density at radius 1 is 1.35 bits per heavy atom. The van der Waals surface area contributed by atoms with Crippen LogP contribution >= 0.6 is 23.2 Å². The minimum absolute atomic E-state index is 0.0110. The van der Waals surface area contributed by atoms with Gasteiger partial charge in [-0.25, -0.2) is 9.59 Å². The smallest absolute Gasteiger partial charge is 0.326 e. The molecule has 1 fully saturated rings. The number of likely N-dealkylation sites (tertiary alicyclic amines) is 1. The topological polar surface area (TPSA) is 89.9 Å². The number of aliphatic hydroxyl groups is 1. The van der Waals surface area contributed by atoms with E-state index in [1.54, 1.807) is 6.07 Å². The predicted molar refractivity (Wildman–Crippen MR) is 74.2 cm³/mol. The number of amides is 2. The van der Waals surface area contributed by atoms with Crippen molar-refractivity contribution in [2.75, 3.05) is 11.9 Å². The van der Waals surface area contributed by atoms with Crippen LogP contribution < -0.4 is 5.32 Å². The van der Waals surface area contributed by atoms with Crippen LogP contribution in [0.4, 0.5) is 10.5 Å². The molecule has 0 aromatic heterocycles. The summed E-state index contributed by atoms with van der Waals surface area (Å²) in [6.45, 7) is -0.0337. The number of carbonyl (C=O) groups excluding carboxylic acids is 1. The molecule has 2 atom stereocenters. The Hall–Kier alpha value is -1.50. The third kappa shape index (κ3) is 3.15. The fourth-order valence-electron chi connectivity index (χ4n) is 2.05. The van der Waals surface area contributed by atoms with Crippen LogP contribution in [0.15, 0.2) is 18.2 Å². The van der Waals surface area contributed by atoms with Gasteiger partial charge in [0.05, 0.1) is 16.8 Å². The van der Waals surface area contributed by atoms with Gasteiger partial charge in [0.1, 0.15) is 6.04 Å². The number of β-amino-alcohol motifs (C(OH)–C–C–N with tert-alkyl or cyclic N) is 1. The van der Waals surface area contributed by atoms with Crippen molar-refractivity contribution >= 4 is 40.9 Å². The van der Waals surface area contributed by atoms with Gasteiger partial charge in [0.15, 0.2) is 0 Å². The van der Waals surface area contributed by atoms with E-state index >= 15 is 0 Å². The van der Waals surface area contributed by atoms with Gasteiger partial charge >= 0.3 is 12.0 Å². The van der Waals surface area contributed by atoms with Crippen molar-refractivity contribution in [2.24, 2.45) is 0 Å². The molecule has 2 rings (SSSR count). The van der Waals surface area contributed by atoms with Crippen LogP contribution in [0.3, 0.4) is 0 Å². The average molecular weight is 319 g/mol. The highest BCUT2D eigenvalue weighted by Crippen LogP contribution is 2.27. The van der Waals surface area contributed by atoms with E-state index in [1.807, 2.05) is 0 Å². The maximum atomic E-state index is 12.1. The van der Waals surface area contributed by atoms with Gasteiger partial charge in [-0.3, -0.25) is 0 Å². The van der Waals surface area contributed by atoms with Crippen molar-refractivity contribution in [2.45, 2.75) is 18.6 Å². The monoisotopic (exact) mass is 318 g/mol. The number of rotatable bonds is 2. The van der Waals surface area contributed by atoms with Crippen LogP contribution in [0, 0.1) is 0 Å². The summed E-state index contributed by atoms with van der Waals surface area (Å²) in [4.78, 5) is 24.2. The van der Waals surface area contributed by atoms with Crippen molar-refractivity contribution in [3.05, 3.63) is 28.2 Å². The van der Waals surface area contributed by atoms with E-state index in [1.165, 1.54) is 12.1 Å². The number of nitrogens with one attached hydrogen (secondary N) is 1. The van der Waals surface area contributed by atoms with Gasteiger partial charge in [0.2, 0.25) is 0 Å². The summed E-state index contributed by atoms with van der Waals surface area (Å²) >= 11 is 11.7. The molecule has 1 aromatic rings. The van der Waals surface area contributed by atoms with Crippen LogP contribution in [-0.4, -0.2) is 45.8 Å². The summed E-state index contributed by atoms with van der Waals surface area (Å²) in [5, 5.41) is 21.7. The second kappa shape index (κ2) is 5.87. The Labute approximate surface area is 124 Å². The summed E-state index contributed by atoms with van der Waals surface area (Å²) < 4.78 is 0.